The third-order valence-electron chi connectivity index (χ3n) is 3.20. The number of nitrogens with two attached hydrogens (primary N) is 1. The molecular weight excluding hydrogens is 228 g/mol. The van der Waals surface area contributed by atoms with Crippen molar-refractivity contribution in [1.29, 1.82) is 0 Å². The summed E-state index contributed by atoms with van der Waals surface area (Å²) in [5.74, 6) is 0. The fourth-order valence-electron chi connectivity index (χ4n) is 1.99. The van der Waals surface area contributed by atoms with Gasteiger partial charge in [-0.15, -0.1) is 0 Å². The molecule has 3 heteroatoms. The molecule has 2 nitrogen and oxygen atoms in total. The van der Waals surface area contributed by atoms with E-state index >= 15 is 0 Å². The summed E-state index contributed by atoms with van der Waals surface area (Å²) in [5.41, 5.74) is 5.52. The summed E-state index contributed by atoms with van der Waals surface area (Å²) in [6.07, 6.45) is 10.5. The van der Waals surface area contributed by atoms with Gasteiger partial charge in [-0.2, -0.15) is 0 Å². The third kappa shape index (κ3) is 12.1. The molecule has 0 aromatic carbocycles. The molecule has 0 atom stereocenters. The van der Waals surface area contributed by atoms with Crippen molar-refractivity contribution in [2.45, 2.75) is 65.2 Å². The minimum atomic E-state index is 0.642. The van der Waals surface area contributed by atoms with Crippen LogP contribution >= 0.6 is 12.2 Å². The summed E-state index contributed by atoms with van der Waals surface area (Å²) in [4.78, 5) is 3.09. The molecule has 0 aliphatic heterocycles. The first kappa shape index (κ1) is 16.9. The highest BCUT2D eigenvalue weighted by molar-refractivity contribution is 7.80. The maximum absolute atomic E-state index is 5.52. The average molecular weight is 258 g/mol. The van der Waals surface area contributed by atoms with Crippen molar-refractivity contribution in [1.82, 2.24) is 4.90 Å². The van der Waals surface area contributed by atoms with E-state index in [9.17, 15) is 0 Å². The van der Waals surface area contributed by atoms with Gasteiger partial charge >= 0.3 is 0 Å². The van der Waals surface area contributed by atoms with Crippen LogP contribution < -0.4 is 5.73 Å². The van der Waals surface area contributed by atoms with E-state index in [0.29, 0.717) is 4.99 Å². The Bertz CT molecular complexity index is 183. The first-order valence-electron chi connectivity index (χ1n) is 7.21. The fourth-order valence-corrected chi connectivity index (χ4v) is 2.08. The SMILES string of the molecule is CCCCCCCCCN(CC)CCC(N)=S. The molecule has 0 aromatic rings. The van der Waals surface area contributed by atoms with Crippen LogP contribution in [0.2, 0.25) is 0 Å². The number of hydrogen-bond donors (Lipinski definition) is 1. The quantitative estimate of drug-likeness (QED) is 0.427. The highest BCUT2D eigenvalue weighted by atomic mass is 32.1. The lowest BCUT2D eigenvalue weighted by Gasteiger charge is -2.19. The Balaban J connectivity index is 3.34. The first-order valence-corrected chi connectivity index (χ1v) is 7.62. The second-order valence-corrected chi connectivity index (χ2v) is 5.30. The molecule has 0 aromatic heterocycles. The van der Waals surface area contributed by atoms with E-state index in [2.05, 4.69) is 18.7 Å². The number of unbranched alkanes of at least 4 members (excludes halogenated alkanes) is 6. The molecule has 0 bridgehead atoms. The summed E-state index contributed by atoms with van der Waals surface area (Å²) in [5, 5.41) is 0. The summed E-state index contributed by atoms with van der Waals surface area (Å²) >= 11 is 4.91. The number of rotatable bonds is 12. The smallest absolute Gasteiger partial charge is 0.0740 e. The summed E-state index contributed by atoms with van der Waals surface area (Å²) in [6, 6.07) is 0. The van der Waals surface area contributed by atoms with E-state index in [1.165, 1.54) is 51.5 Å². The van der Waals surface area contributed by atoms with Gasteiger partial charge in [0.05, 0.1) is 4.99 Å². The predicted molar refractivity (Wildman–Crippen MR) is 81.5 cm³/mol. The van der Waals surface area contributed by atoms with Crippen LogP contribution in [0.5, 0.6) is 0 Å². The lowest BCUT2D eigenvalue weighted by molar-refractivity contribution is 0.288. The highest BCUT2D eigenvalue weighted by Gasteiger charge is 2.02. The zero-order valence-corrected chi connectivity index (χ0v) is 12.5. The van der Waals surface area contributed by atoms with Crippen LogP contribution in [0.3, 0.4) is 0 Å². The Labute approximate surface area is 113 Å². The second kappa shape index (κ2) is 12.3. The summed E-state index contributed by atoms with van der Waals surface area (Å²) in [7, 11) is 0. The van der Waals surface area contributed by atoms with Gasteiger partial charge in [-0.3, -0.25) is 0 Å². The Morgan fingerprint density at radius 2 is 1.53 bits per heavy atom. The van der Waals surface area contributed by atoms with Crippen molar-refractivity contribution in [3.05, 3.63) is 0 Å². The minimum absolute atomic E-state index is 0.642. The molecule has 0 fully saturated rings. The molecule has 0 radical (unpaired) electrons. The third-order valence-corrected chi connectivity index (χ3v) is 3.40. The Morgan fingerprint density at radius 3 is 2.06 bits per heavy atom. The molecule has 0 amide bonds. The van der Waals surface area contributed by atoms with Gasteiger partial charge in [-0.25, -0.2) is 0 Å². The zero-order chi connectivity index (χ0) is 12.9. The van der Waals surface area contributed by atoms with Gasteiger partial charge in [0.25, 0.3) is 0 Å². The van der Waals surface area contributed by atoms with Crippen LogP contribution in [-0.4, -0.2) is 29.5 Å². The topological polar surface area (TPSA) is 29.3 Å². The Kier molecular flexibility index (Phi) is 12.2. The molecule has 102 valence electrons. The van der Waals surface area contributed by atoms with Gasteiger partial charge in [-0.1, -0.05) is 64.6 Å². The van der Waals surface area contributed by atoms with Crippen LogP contribution in [0.15, 0.2) is 0 Å². The normalized spacial score (nSPS) is 11.0. The molecular formula is C14H30N2S. The Morgan fingerprint density at radius 1 is 0.941 bits per heavy atom. The van der Waals surface area contributed by atoms with Crippen molar-refractivity contribution < 1.29 is 0 Å². The lowest BCUT2D eigenvalue weighted by Crippen LogP contribution is -2.28. The molecule has 0 unspecified atom stereocenters. The molecule has 17 heavy (non-hydrogen) atoms. The van der Waals surface area contributed by atoms with E-state index in [0.717, 1.165) is 19.5 Å². The van der Waals surface area contributed by atoms with Crippen molar-refractivity contribution >= 4 is 17.2 Å². The molecule has 0 saturated heterocycles. The zero-order valence-electron chi connectivity index (χ0n) is 11.7. The largest absolute Gasteiger partial charge is 0.393 e. The number of nitrogens with zero attached hydrogens (tertiary/aromatic N) is 1. The second-order valence-electron chi connectivity index (χ2n) is 4.77. The standard InChI is InChI=1S/C14H30N2S/c1-3-5-6-7-8-9-10-12-16(4-2)13-11-14(15)17/h3-13H2,1-2H3,(H2,15,17). The highest BCUT2D eigenvalue weighted by Crippen LogP contribution is 2.07. The van der Waals surface area contributed by atoms with Gasteiger partial charge in [0, 0.05) is 13.0 Å². The minimum Gasteiger partial charge on any atom is -0.393 e. The predicted octanol–water partition coefficient (Wildman–Crippen LogP) is 3.74. The maximum Gasteiger partial charge on any atom is 0.0740 e. The molecule has 2 N–H and O–H groups in total. The number of thiocarbonyl (C=S) groups is 1. The summed E-state index contributed by atoms with van der Waals surface area (Å²) in [6.45, 7) is 7.81. The van der Waals surface area contributed by atoms with Crippen LogP contribution in [0.4, 0.5) is 0 Å². The van der Waals surface area contributed by atoms with Crippen molar-refractivity contribution in [2.75, 3.05) is 19.6 Å². The number of hydrogen-bond acceptors (Lipinski definition) is 2. The van der Waals surface area contributed by atoms with Crippen molar-refractivity contribution in [3.63, 3.8) is 0 Å². The average Bonchev–Trinajstić information content (AvgIpc) is 2.31. The van der Waals surface area contributed by atoms with Gasteiger partial charge in [0.2, 0.25) is 0 Å². The van der Waals surface area contributed by atoms with Crippen LogP contribution in [0.25, 0.3) is 0 Å². The molecule has 0 aliphatic carbocycles. The van der Waals surface area contributed by atoms with Gasteiger partial charge < -0.3 is 10.6 Å². The van der Waals surface area contributed by atoms with Crippen LogP contribution in [0, 0.1) is 0 Å². The molecule has 0 aliphatic rings. The molecule has 0 rings (SSSR count). The van der Waals surface area contributed by atoms with Crippen LogP contribution in [0.1, 0.15) is 65.2 Å². The Hall–Kier alpha value is -0.150. The lowest BCUT2D eigenvalue weighted by atomic mass is 10.1. The van der Waals surface area contributed by atoms with Crippen molar-refractivity contribution in [2.24, 2.45) is 5.73 Å². The maximum atomic E-state index is 5.52. The van der Waals surface area contributed by atoms with Crippen molar-refractivity contribution in [3.8, 4) is 0 Å². The first-order chi connectivity index (χ1) is 8.20. The van der Waals surface area contributed by atoms with E-state index < -0.39 is 0 Å². The van der Waals surface area contributed by atoms with E-state index in [4.69, 9.17) is 18.0 Å². The van der Waals surface area contributed by atoms with Crippen LogP contribution in [-0.2, 0) is 0 Å². The monoisotopic (exact) mass is 258 g/mol. The van der Waals surface area contributed by atoms with E-state index in [1.807, 2.05) is 0 Å². The molecule has 0 saturated carbocycles. The van der Waals surface area contributed by atoms with Gasteiger partial charge in [-0.05, 0) is 19.5 Å². The summed E-state index contributed by atoms with van der Waals surface area (Å²) < 4.78 is 0. The van der Waals surface area contributed by atoms with Gasteiger partial charge in [0.15, 0.2) is 0 Å². The van der Waals surface area contributed by atoms with E-state index in [1.54, 1.807) is 0 Å². The fraction of sp³-hybridized carbons (Fsp3) is 0.929. The van der Waals surface area contributed by atoms with E-state index in [-0.39, 0.29) is 0 Å². The molecule has 0 spiro atoms. The van der Waals surface area contributed by atoms with Gasteiger partial charge in [0.1, 0.15) is 0 Å². The molecule has 0 heterocycles.